The molecule has 0 aliphatic carbocycles. The quantitative estimate of drug-likeness (QED) is 0.624. The van der Waals surface area contributed by atoms with E-state index >= 15 is 0 Å². The van der Waals surface area contributed by atoms with Crippen LogP contribution < -0.4 is 5.46 Å². The molecular formula is C14H21BO4. The molecule has 1 aromatic rings. The van der Waals surface area contributed by atoms with Gasteiger partial charge in [-0.15, -0.1) is 0 Å². The minimum Gasteiger partial charge on any atom is -0.460 e. The Balaban J connectivity index is 2.94. The number of carbonyl (C=O) groups excluding carboxylic acids is 1. The van der Waals surface area contributed by atoms with Crippen LogP contribution in [0.4, 0.5) is 0 Å². The summed E-state index contributed by atoms with van der Waals surface area (Å²) in [5, 5.41) is 18.6. The SMILES string of the molecule is CCc1ccc(B(O)O)c(CC(=O)OC(C)(C)C)c1. The third-order valence-corrected chi connectivity index (χ3v) is 2.65. The molecular weight excluding hydrogens is 243 g/mol. The van der Waals surface area contributed by atoms with Gasteiger partial charge in [-0.2, -0.15) is 0 Å². The standard InChI is InChI=1S/C14H21BO4/c1-5-10-6-7-12(15(17)18)11(8-10)9-13(16)19-14(2,3)4/h6-8,17-18H,5,9H2,1-4H3. The van der Waals surface area contributed by atoms with E-state index in [4.69, 9.17) is 4.74 Å². The van der Waals surface area contributed by atoms with E-state index in [0.29, 0.717) is 11.0 Å². The van der Waals surface area contributed by atoms with Gasteiger partial charge < -0.3 is 14.8 Å². The second-order valence-corrected chi connectivity index (χ2v) is 5.52. The number of hydrogen-bond donors (Lipinski definition) is 2. The van der Waals surface area contributed by atoms with Crippen LogP contribution in [-0.4, -0.2) is 28.7 Å². The summed E-state index contributed by atoms with van der Waals surface area (Å²) in [4.78, 5) is 11.8. The predicted octanol–water partition coefficient (Wildman–Crippen LogP) is 0.813. The lowest BCUT2D eigenvalue weighted by molar-refractivity contribution is -0.153. The minimum absolute atomic E-state index is 0.0397. The van der Waals surface area contributed by atoms with Gasteiger partial charge in [0.25, 0.3) is 0 Å². The molecule has 1 rings (SSSR count). The summed E-state index contributed by atoms with van der Waals surface area (Å²) >= 11 is 0. The highest BCUT2D eigenvalue weighted by Crippen LogP contribution is 2.11. The molecule has 4 nitrogen and oxygen atoms in total. The lowest BCUT2D eigenvalue weighted by atomic mass is 9.75. The maximum atomic E-state index is 11.8. The summed E-state index contributed by atoms with van der Waals surface area (Å²) in [6.45, 7) is 7.40. The molecule has 0 aliphatic rings. The molecule has 0 bridgehead atoms. The van der Waals surface area contributed by atoms with Crippen molar-refractivity contribution in [3.8, 4) is 0 Å². The largest absolute Gasteiger partial charge is 0.488 e. The number of carbonyl (C=O) groups is 1. The molecule has 0 fully saturated rings. The molecule has 2 N–H and O–H groups in total. The Morgan fingerprint density at radius 3 is 2.42 bits per heavy atom. The summed E-state index contributed by atoms with van der Waals surface area (Å²) in [7, 11) is -1.58. The maximum absolute atomic E-state index is 11.8. The Bertz CT molecular complexity index is 449. The molecule has 0 saturated heterocycles. The zero-order valence-corrected chi connectivity index (χ0v) is 11.9. The number of ether oxygens (including phenoxy) is 1. The molecule has 0 saturated carbocycles. The number of esters is 1. The first-order chi connectivity index (χ1) is 8.73. The highest BCUT2D eigenvalue weighted by molar-refractivity contribution is 6.59. The van der Waals surface area contributed by atoms with Gasteiger partial charge in [-0.1, -0.05) is 25.1 Å². The van der Waals surface area contributed by atoms with Gasteiger partial charge in [0, 0.05) is 0 Å². The first kappa shape index (κ1) is 15.7. The van der Waals surface area contributed by atoms with E-state index in [1.165, 1.54) is 0 Å². The summed E-state index contributed by atoms with van der Waals surface area (Å²) < 4.78 is 5.25. The van der Waals surface area contributed by atoms with E-state index in [-0.39, 0.29) is 12.4 Å². The van der Waals surface area contributed by atoms with Crippen LogP contribution in [0.2, 0.25) is 0 Å². The van der Waals surface area contributed by atoms with Gasteiger partial charge in [0.05, 0.1) is 6.42 Å². The highest BCUT2D eigenvalue weighted by atomic mass is 16.6. The van der Waals surface area contributed by atoms with Crippen molar-refractivity contribution >= 4 is 18.6 Å². The molecule has 19 heavy (non-hydrogen) atoms. The third-order valence-electron chi connectivity index (χ3n) is 2.65. The van der Waals surface area contributed by atoms with Gasteiger partial charge in [0.2, 0.25) is 0 Å². The van der Waals surface area contributed by atoms with Crippen LogP contribution in [-0.2, 0) is 22.4 Å². The molecule has 0 amide bonds. The third kappa shape index (κ3) is 5.05. The van der Waals surface area contributed by atoms with Crippen molar-refractivity contribution in [3.63, 3.8) is 0 Å². The van der Waals surface area contributed by atoms with Crippen LogP contribution in [0.15, 0.2) is 18.2 Å². The first-order valence-corrected chi connectivity index (χ1v) is 6.42. The van der Waals surface area contributed by atoms with E-state index < -0.39 is 12.7 Å². The van der Waals surface area contributed by atoms with Crippen molar-refractivity contribution in [1.29, 1.82) is 0 Å². The Morgan fingerprint density at radius 2 is 1.95 bits per heavy atom. The van der Waals surface area contributed by atoms with Crippen molar-refractivity contribution in [2.45, 2.75) is 46.1 Å². The van der Waals surface area contributed by atoms with Crippen LogP contribution in [0.1, 0.15) is 38.8 Å². The summed E-state index contributed by atoms with van der Waals surface area (Å²) in [5.41, 5.74) is 1.45. The summed E-state index contributed by atoms with van der Waals surface area (Å²) in [5.74, 6) is -0.373. The number of hydrogen-bond acceptors (Lipinski definition) is 4. The minimum atomic E-state index is -1.58. The van der Waals surface area contributed by atoms with Crippen molar-refractivity contribution in [2.75, 3.05) is 0 Å². The molecule has 104 valence electrons. The van der Waals surface area contributed by atoms with Gasteiger partial charge in [-0.3, -0.25) is 4.79 Å². The summed E-state index contributed by atoms with van der Waals surface area (Å²) in [6, 6.07) is 5.29. The monoisotopic (exact) mass is 264 g/mol. The van der Waals surface area contributed by atoms with E-state index in [1.807, 2.05) is 19.1 Å². The molecule has 0 heterocycles. The fraction of sp³-hybridized carbons (Fsp3) is 0.500. The van der Waals surface area contributed by atoms with Gasteiger partial charge >= 0.3 is 13.1 Å². The van der Waals surface area contributed by atoms with E-state index in [1.54, 1.807) is 26.8 Å². The van der Waals surface area contributed by atoms with Crippen molar-refractivity contribution in [3.05, 3.63) is 29.3 Å². The topological polar surface area (TPSA) is 66.8 Å². The smallest absolute Gasteiger partial charge is 0.460 e. The zero-order valence-electron chi connectivity index (χ0n) is 11.9. The second-order valence-electron chi connectivity index (χ2n) is 5.52. The number of rotatable bonds is 4. The average molecular weight is 264 g/mol. The van der Waals surface area contributed by atoms with Gasteiger partial charge in [-0.05, 0) is 43.8 Å². The predicted molar refractivity (Wildman–Crippen MR) is 75.2 cm³/mol. The Hall–Kier alpha value is -1.33. The molecule has 0 atom stereocenters. The van der Waals surface area contributed by atoms with Gasteiger partial charge in [-0.25, -0.2) is 0 Å². The first-order valence-electron chi connectivity index (χ1n) is 6.42. The fourth-order valence-corrected chi connectivity index (χ4v) is 1.82. The zero-order chi connectivity index (χ0) is 14.6. The molecule has 0 spiro atoms. The molecule has 0 unspecified atom stereocenters. The molecule has 0 aliphatic heterocycles. The van der Waals surface area contributed by atoms with Crippen molar-refractivity contribution in [2.24, 2.45) is 0 Å². The lowest BCUT2D eigenvalue weighted by Crippen LogP contribution is -2.35. The fourth-order valence-electron chi connectivity index (χ4n) is 1.82. The number of aryl methyl sites for hydroxylation is 1. The molecule has 0 aromatic heterocycles. The van der Waals surface area contributed by atoms with Crippen LogP contribution in [0, 0.1) is 0 Å². The summed E-state index contributed by atoms with van der Waals surface area (Å²) in [6.07, 6.45) is 0.862. The van der Waals surface area contributed by atoms with Crippen LogP contribution >= 0.6 is 0 Å². The van der Waals surface area contributed by atoms with E-state index in [2.05, 4.69) is 0 Å². The highest BCUT2D eigenvalue weighted by Gasteiger charge is 2.21. The van der Waals surface area contributed by atoms with Crippen LogP contribution in [0.5, 0.6) is 0 Å². The van der Waals surface area contributed by atoms with Crippen molar-refractivity contribution in [1.82, 2.24) is 0 Å². The second kappa shape index (κ2) is 6.22. The van der Waals surface area contributed by atoms with Crippen molar-refractivity contribution < 1.29 is 19.6 Å². The van der Waals surface area contributed by atoms with Crippen LogP contribution in [0.25, 0.3) is 0 Å². The maximum Gasteiger partial charge on any atom is 0.488 e. The van der Waals surface area contributed by atoms with E-state index in [9.17, 15) is 14.8 Å². The number of benzene rings is 1. The van der Waals surface area contributed by atoms with Crippen LogP contribution in [0.3, 0.4) is 0 Å². The van der Waals surface area contributed by atoms with Gasteiger partial charge in [0.1, 0.15) is 5.60 Å². The molecule has 0 radical (unpaired) electrons. The van der Waals surface area contributed by atoms with E-state index in [0.717, 1.165) is 12.0 Å². The Kier molecular flexibility index (Phi) is 5.15. The Morgan fingerprint density at radius 1 is 1.32 bits per heavy atom. The van der Waals surface area contributed by atoms with Gasteiger partial charge in [0.15, 0.2) is 0 Å². The Labute approximate surface area is 114 Å². The average Bonchev–Trinajstić information content (AvgIpc) is 2.25. The molecule has 1 aromatic carbocycles. The normalized spacial score (nSPS) is 11.3. The molecule has 5 heteroatoms. The lowest BCUT2D eigenvalue weighted by Gasteiger charge is -2.20.